The molecular formula is C13H18O. The van der Waals surface area contributed by atoms with Crippen LogP contribution in [0.4, 0.5) is 0 Å². The molecule has 0 spiro atoms. The van der Waals surface area contributed by atoms with E-state index in [0.29, 0.717) is 0 Å². The van der Waals surface area contributed by atoms with Gasteiger partial charge in [-0.2, -0.15) is 0 Å². The molecule has 1 nitrogen and oxygen atoms in total. The van der Waals surface area contributed by atoms with E-state index < -0.39 is 0 Å². The zero-order valence-electron chi connectivity index (χ0n) is 9.42. The highest BCUT2D eigenvalue weighted by Gasteiger charge is 2.11. The van der Waals surface area contributed by atoms with Gasteiger partial charge in [0, 0.05) is 5.92 Å². The van der Waals surface area contributed by atoms with E-state index in [-0.39, 0.29) is 11.7 Å². The molecule has 1 aromatic rings. The topological polar surface area (TPSA) is 17.1 Å². The maximum Gasteiger partial charge on any atom is 0.132 e. The fraction of sp³-hybridized carbons (Fsp3) is 0.462. The Morgan fingerprint density at radius 3 is 2.21 bits per heavy atom. The summed E-state index contributed by atoms with van der Waals surface area (Å²) in [6.07, 6.45) is 0.869. The first-order valence-electron chi connectivity index (χ1n) is 5.08. The second-order valence-electron chi connectivity index (χ2n) is 4.09. The van der Waals surface area contributed by atoms with E-state index in [1.807, 2.05) is 6.92 Å². The number of carbonyl (C=O) groups excluding carboxylic acids is 1. The SMILES string of the molecule is CC(=O)C(C)Cc1c(C)cccc1C. The van der Waals surface area contributed by atoms with Gasteiger partial charge in [-0.15, -0.1) is 0 Å². The predicted octanol–water partition coefficient (Wildman–Crippen LogP) is 3.07. The minimum atomic E-state index is 0.134. The van der Waals surface area contributed by atoms with E-state index in [1.54, 1.807) is 6.92 Å². The van der Waals surface area contributed by atoms with Crippen LogP contribution in [-0.2, 0) is 11.2 Å². The van der Waals surface area contributed by atoms with E-state index in [1.165, 1.54) is 16.7 Å². The lowest BCUT2D eigenvalue weighted by molar-refractivity contribution is -0.120. The Labute approximate surface area is 86.1 Å². The molecule has 0 N–H and O–H groups in total. The average Bonchev–Trinajstić information content (AvgIpc) is 2.11. The van der Waals surface area contributed by atoms with E-state index in [9.17, 15) is 4.79 Å². The van der Waals surface area contributed by atoms with E-state index in [2.05, 4.69) is 32.0 Å². The van der Waals surface area contributed by atoms with Gasteiger partial charge in [-0.05, 0) is 43.9 Å². The fourth-order valence-electron chi connectivity index (χ4n) is 1.62. The molecule has 1 rings (SSSR count). The van der Waals surface area contributed by atoms with Gasteiger partial charge in [0.1, 0.15) is 5.78 Å². The van der Waals surface area contributed by atoms with Crippen LogP contribution in [0.1, 0.15) is 30.5 Å². The summed E-state index contributed by atoms with van der Waals surface area (Å²) in [6, 6.07) is 6.27. The molecule has 0 aromatic heterocycles. The molecule has 1 atom stereocenters. The summed E-state index contributed by atoms with van der Waals surface area (Å²) < 4.78 is 0. The quantitative estimate of drug-likeness (QED) is 0.716. The number of carbonyl (C=O) groups is 1. The van der Waals surface area contributed by atoms with Gasteiger partial charge < -0.3 is 0 Å². The maximum absolute atomic E-state index is 11.2. The van der Waals surface area contributed by atoms with E-state index >= 15 is 0 Å². The molecule has 0 fully saturated rings. The van der Waals surface area contributed by atoms with Crippen molar-refractivity contribution in [2.45, 2.75) is 34.1 Å². The first-order chi connectivity index (χ1) is 6.52. The van der Waals surface area contributed by atoms with E-state index in [4.69, 9.17) is 0 Å². The van der Waals surface area contributed by atoms with Crippen molar-refractivity contribution in [2.24, 2.45) is 5.92 Å². The summed E-state index contributed by atoms with van der Waals surface area (Å²) >= 11 is 0. The van der Waals surface area contributed by atoms with Crippen LogP contribution >= 0.6 is 0 Å². The molecule has 1 unspecified atom stereocenters. The van der Waals surface area contributed by atoms with Crippen LogP contribution in [0.5, 0.6) is 0 Å². The second-order valence-corrected chi connectivity index (χ2v) is 4.09. The van der Waals surface area contributed by atoms with Gasteiger partial charge >= 0.3 is 0 Å². The van der Waals surface area contributed by atoms with Gasteiger partial charge in [0.15, 0.2) is 0 Å². The second kappa shape index (κ2) is 4.41. The maximum atomic E-state index is 11.2. The van der Waals surface area contributed by atoms with Crippen LogP contribution in [0.3, 0.4) is 0 Å². The highest BCUT2D eigenvalue weighted by Crippen LogP contribution is 2.17. The number of Topliss-reactive ketones (excluding diaryl/α,β-unsaturated/α-hetero) is 1. The van der Waals surface area contributed by atoms with Crippen molar-refractivity contribution >= 4 is 5.78 Å². The lowest BCUT2D eigenvalue weighted by Gasteiger charge is -2.12. The Bertz CT molecular complexity index is 319. The highest BCUT2D eigenvalue weighted by molar-refractivity contribution is 5.78. The molecule has 0 saturated carbocycles. The normalized spacial score (nSPS) is 12.6. The smallest absolute Gasteiger partial charge is 0.132 e. The fourth-order valence-corrected chi connectivity index (χ4v) is 1.62. The Hall–Kier alpha value is -1.11. The van der Waals surface area contributed by atoms with Crippen molar-refractivity contribution in [3.05, 3.63) is 34.9 Å². The van der Waals surface area contributed by atoms with Gasteiger partial charge in [0.05, 0.1) is 0 Å². The van der Waals surface area contributed by atoms with Gasteiger partial charge in [-0.1, -0.05) is 25.1 Å². The molecule has 14 heavy (non-hydrogen) atoms. The summed E-state index contributed by atoms with van der Waals surface area (Å²) in [4.78, 5) is 11.2. The molecule has 0 saturated heterocycles. The molecule has 0 aliphatic heterocycles. The summed E-state index contributed by atoms with van der Waals surface area (Å²) in [7, 11) is 0. The molecule has 0 aliphatic rings. The Morgan fingerprint density at radius 1 is 1.29 bits per heavy atom. The number of benzene rings is 1. The number of ketones is 1. The molecular weight excluding hydrogens is 172 g/mol. The van der Waals surface area contributed by atoms with Gasteiger partial charge in [0.2, 0.25) is 0 Å². The van der Waals surface area contributed by atoms with Crippen LogP contribution in [0.25, 0.3) is 0 Å². The van der Waals surface area contributed by atoms with Gasteiger partial charge in [0.25, 0.3) is 0 Å². The predicted molar refractivity (Wildman–Crippen MR) is 59.5 cm³/mol. The summed E-state index contributed by atoms with van der Waals surface area (Å²) in [5.41, 5.74) is 3.91. The largest absolute Gasteiger partial charge is 0.300 e. The average molecular weight is 190 g/mol. The third-order valence-corrected chi connectivity index (χ3v) is 2.85. The monoisotopic (exact) mass is 190 g/mol. The molecule has 0 heterocycles. The van der Waals surface area contributed by atoms with Crippen LogP contribution in [0.15, 0.2) is 18.2 Å². The Morgan fingerprint density at radius 2 is 1.79 bits per heavy atom. The molecule has 0 radical (unpaired) electrons. The molecule has 76 valence electrons. The zero-order valence-corrected chi connectivity index (χ0v) is 9.42. The van der Waals surface area contributed by atoms with E-state index in [0.717, 1.165) is 6.42 Å². The van der Waals surface area contributed by atoms with Crippen molar-refractivity contribution < 1.29 is 4.79 Å². The van der Waals surface area contributed by atoms with Gasteiger partial charge in [-0.25, -0.2) is 0 Å². The van der Waals surface area contributed by atoms with Crippen LogP contribution in [-0.4, -0.2) is 5.78 Å². The van der Waals surface area contributed by atoms with Crippen molar-refractivity contribution in [3.8, 4) is 0 Å². The first kappa shape index (κ1) is 11.0. The number of hydrogen-bond acceptors (Lipinski definition) is 1. The standard InChI is InChI=1S/C13H18O/c1-9-6-5-7-10(2)13(9)8-11(3)12(4)14/h5-7,11H,8H2,1-4H3. The molecule has 1 heteroatoms. The summed E-state index contributed by atoms with van der Waals surface area (Å²) in [5, 5.41) is 0. The van der Waals surface area contributed by atoms with Gasteiger partial charge in [-0.3, -0.25) is 4.79 Å². The summed E-state index contributed by atoms with van der Waals surface area (Å²) in [6.45, 7) is 7.87. The molecule has 0 aliphatic carbocycles. The Balaban J connectivity index is 2.91. The van der Waals surface area contributed by atoms with Crippen molar-refractivity contribution in [1.29, 1.82) is 0 Å². The first-order valence-corrected chi connectivity index (χ1v) is 5.08. The number of hydrogen-bond donors (Lipinski definition) is 0. The molecule has 0 amide bonds. The highest BCUT2D eigenvalue weighted by atomic mass is 16.1. The van der Waals surface area contributed by atoms with Crippen LogP contribution in [0.2, 0.25) is 0 Å². The number of aryl methyl sites for hydroxylation is 2. The third kappa shape index (κ3) is 2.44. The van der Waals surface area contributed by atoms with Crippen LogP contribution in [0, 0.1) is 19.8 Å². The zero-order chi connectivity index (χ0) is 10.7. The lowest BCUT2D eigenvalue weighted by Crippen LogP contribution is -2.11. The molecule has 0 bridgehead atoms. The summed E-state index contributed by atoms with van der Waals surface area (Å²) in [5.74, 6) is 0.405. The number of rotatable bonds is 3. The van der Waals surface area contributed by atoms with Crippen molar-refractivity contribution in [3.63, 3.8) is 0 Å². The van der Waals surface area contributed by atoms with Crippen LogP contribution < -0.4 is 0 Å². The Kier molecular flexibility index (Phi) is 3.45. The third-order valence-electron chi connectivity index (χ3n) is 2.85. The van der Waals surface area contributed by atoms with Crippen molar-refractivity contribution in [2.75, 3.05) is 0 Å². The minimum Gasteiger partial charge on any atom is -0.300 e. The van der Waals surface area contributed by atoms with Crippen molar-refractivity contribution in [1.82, 2.24) is 0 Å². The lowest BCUT2D eigenvalue weighted by atomic mass is 9.92. The molecule has 1 aromatic carbocycles. The minimum absolute atomic E-state index is 0.134.